The molecule has 2 aromatic rings. The minimum absolute atomic E-state index is 0.0439. The van der Waals surface area contributed by atoms with Crippen LogP contribution < -0.4 is 10.9 Å². The summed E-state index contributed by atoms with van der Waals surface area (Å²) in [6.07, 6.45) is 2.73. The molecule has 0 fully saturated rings. The first-order valence-electron chi connectivity index (χ1n) is 5.06. The van der Waals surface area contributed by atoms with Crippen molar-refractivity contribution in [1.29, 1.82) is 0 Å². The van der Waals surface area contributed by atoms with Gasteiger partial charge in [-0.3, -0.25) is 15.6 Å². The summed E-state index contributed by atoms with van der Waals surface area (Å²) < 4.78 is 26.0. The number of halogens is 3. The van der Waals surface area contributed by atoms with Gasteiger partial charge in [0.25, 0.3) is 5.91 Å². The van der Waals surface area contributed by atoms with Crippen molar-refractivity contribution in [2.75, 3.05) is 5.43 Å². The average molecular weight is 285 g/mol. The number of anilines is 1. The Labute approximate surface area is 111 Å². The van der Waals surface area contributed by atoms with E-state index in [0.29, 0.717) is 6.07 Å². The van der Waals surface area contributed by atoms with Crippen LogP contribution in [-0.2, 0) is 0 Å². The normalized spacial score (nSPS) is 10.1. The van der Waals surface area contributed by atoms with Crippen molar-refractivity contribution >= 4 is 23.3 Å². The molecule has 0 aliphatic carbocycles. The Morgan fingerprint density at radius 1 is 1.21 bits per heavy atom. The fourth-order valence-corrected chi connectivity index (χ4v) is 1.41. The maximum Gasteiger partial charge on any atom is 0.272 e. The number of nitrogens with zero attached hydrogens (tertiary/aromatic N) is 2. The lowest BCUT2D eigenvalue weighted by Gasteiger charge is -2.08. The van der Waals surface area contributed by atoms with Gasteiger partial charge in [0.2, 0.25) is 0 Å². The number of hydrogen-bond donors (Lipinski definition) is 2. The lowest BCUT2D eigenvalue weighted by molar-refractivity contribution is 0.0958. The van der Waals surface area contributed by atoms with Crippen molar-refractivity contribution < 1.29 is 13.6 Å². The minimum atomic E-state index is -0.968. The third-order valence-corrected chi connectivity index (χ3v) is 2.40. The molecule has 1 aromatic carbocycles. The van der Waals surface area contributed by atoms with Crippen LogP contribution in [-0.4, -0.2) is 15.9 Å². The molecule has 8 heteroatoms. The lowest BCUT2D eigenvalue weighted by Crippen LogP contribution is -2.30. The zero-order valence-corrected chi connectivity index (χ0v) is 10.1. The fraction of sp³-hybridized carbons (Fsp3) is 0. The Morgan fingerprint density at radius 2 is 1.95 bits per heavy atom. The molecule has 2 N–H and O–H groups in total. The zero-order valence-electron chi connectivity index (χ0n) is 9.32. The van der Waals surface area contributed by atoms with Crippen molar-refractivity contribution in [2.24, 2.45) is 0 Å². The van der Waals surface area contributed by atoms with Crippen molar-refractivity contribution in [3.8, 4) is 0 Å². The maximum atomic E-state index is 13.3. The van der Waals surface area contributed by atoms with Gasteiger partial charge < -0.3 is 0 Å². The summed E-state index contributed by atoms with van der Waals surface area (Å²) in [6, 6.07) is 2.62. The van der Waals surface area contributed by atoms with E-state index in [4.69, 9.17) is 11.6 Å². The molecule has 0 atom stereocenters. The van der Waals surface area contributed by atoms with Crippen molar-refractivity contribution in [1.82, 2.24) is 15.4 Å². The van der Waals surface area contributed by atoms with E-state index in [9.17, 15) is 13.6 Å². The molecule has 0 saturated heterocycles. The van der Waals surface area contributed by atoms with Gasteiger partial charge in [0.15, 0.2) is 11.0 Å². The van der Waals surface area contributed by atoms with Gasteiger partial charge in [-0.2, -0.15) is 0 Å². The van der Waals surface area contributed by atoms with Gasteiger partial charge in [0.1, 0.15) is 11.6 Å². The van der Waals surface area contributed by atoms with E-state index in [1.54, 1.807) is 0 Å². The minimum Gasteiger partial charge on any atom is -0.279 e. The predicted molar refractivity (Wildman–Crippen MR) is 64.5 cm³/mol. The molecule has 0 aliphatic rings. The standard InChI is InChI=1S/C11H7ClF2N4O/c12-9-10(16-4-3-15-9)17-18-11(19)7-2-1-6(13)5-8(7)14/h1-5H,(H,16,17)(H,18,19). The Hall–Kier alpha value is -2.28. The number of carbonyl (C=O) groups is 1. The summed E-state index contributed by atoms with van der Waals surface area (Å²) in [5, 5.41) is 0.0439. The third kappa shape index (κ3) is 3.14. The highest BCUT2D eigenvalue weighted by molar-refractivity contribution is 6.31. The second-order valence-corrected chi connectivity index (χ2v) is 3.76. The second-order valence-electron chi connectivity index (χ2n) is 3.40. The topological polar surface area (TPSA) is 66.9 Å². The molecule has 0 radical (unpaired) electrons. The Kier molecular flexibility index (Phi) is 3.86. The monoisotopic (exact) mass is 284 g/mol. The predicted octanol–water partition coefficient (Wildman–Crippen LogP) is 2.17. The fourth-order valence-electron chi connectivity index (χ4n) is 1.26. The lowest BCUT2D eigenvalue weighted by atomic mass is 10.2. The van der Waals surface area contributed by atoms with Gasteiger partial charge in [-0.1, -0.05) is 11.6 Å². The highest BCUT2D eigenvalue weighted by atomic mass is 35.5. The van der Waals surface area contributed by atoms with Crippen LogP contribution in [0.3, 0.4) is 0 Å². The number of rotatable bonds is 3. The number of carbonyl (C=O) groups excluding carboxylic acids is 1. The zero-order chi connectivity index (χ0) is 13.8. The van der Waals surface area contributed by atoms with E-state index in [1.165, 1.54) is 12.4 Å². The van der Waals surface area contributed by atoms with Crippen LogP contribution >= 0.6 is 11.6 Å². The van der Waals surface area contributed by atoms with Crippen LogP contribution in [0.1, 0.15) is 10.4 Å². The summed E-state index contributed by atoms with van der Waals surface area (Å²) in [6.45, 7) is 0. The number of hydrazine groups is 1. The number of aromatic nitrogens is 2. The molecule has 1 heterocycles. The summed E-state index contributed by atoms with van der Waals surface area (Å²) in [7, 11) is 0. The van der Waals surface area contributed by atoms with Crippen molar-refractivity contribution in [2.45, 2.75) is 0 Å². The van der Waals surface area contributed by atoms with Crippen molar-refractivity contribution in [3.63, 3.8) is 0 Å². The molecule has 2 rings (SSSR count). The molecule has 0 spiro atoms. The Balaban J connectivity index is 2.08. The largest absolute Gasteiger partial charge is 0.279 e. The summed E-state index contributed by atoms with van der Waals surface area (Å²) >= 11 is 5.69. The first-order chi connectivity index (χ1) is 9.08. The molecule has 5 nitrogen and oxygen atoms in total. The molecular formula is C11H7ClF2N4O. The van der Waals surface area contributed by atoms with Gasteiger partial charge in [0.05, 0.1) is 5.56 Å². The van der Waals surface area contributed by atoms with Crippen LogP contribution in [0.2, 0.25) is 5.15 Å². The van der Waals surface area contributed by atoms with E-state index < -0.39 is 17.5 Å². The van der Waals surface area contributed by atoms with Crippen LogP contribution in [0.15, 0.2) is 30.6 Å². The Bertz CT molecular complexity index is 623. The molecule has 19 heavy (non-hydrogen) atoms. The van der Waals surface area contributed by atoms with E-state index in [0.717, 1.165) is 12.1 Å². The first kappa shape index (κ1) is 13.2. The molecule has 0 unspecified atom stereocenters. The van der Waals surface area contributed by atoms with E-state index in [2.05, 4.69) is 20.8 Å². The molecule has 1 amide bonds. The van der Waals surface area contributed by atoms with Crippen LogP contribution in [0.5, 0.6) is 0 Å². The van der Waals surface area contributed by atoms with Gasteiger partial charge in [0, 0.05) is 18.5 Å². The summed E-state index contributed by atoms with van der Waals surface area (Å²) in [4.78, 5) is 19.2. The molecular weight excluding hydrogens is 278 g/mol. The van der Waals surface area contributed by atoms with Gasteiger partial charge in [-0.05, 0) is 12.1 Å². The quantitative estimate of drug-likeness (QED) is 0.848. The van der Waals surface area contributed by atoms with E-state index in [-0.39, 0.29) is 16.5 Å². The smallest absolute Gasteiger partial charge is 0.272 e. The first-order valence-corrected chi connectivity index (χ1v) is 5.43. The van der Waals surface area contributed by atoms with Gasteiger partial charge >= 0.3 is 0 Å². The molecule has 0 bridgehead atoms. The number of nitrogens with one attached hydrogen (secondary N) is 2. The maximum absolute atomic E-state index is 13.3. The van der Waals surface area contributed by atoms with Crippen molar-refractivity contribution in [3.05, 3.63) is 52.9 Å². The Morgan fingerprint density at radius 3 is 2.63 bits per heavy atom. The number of hydrogen-bond acceptors (Lipinski definition) is 4. The van der Waals surface area contributed by atoms with E-state index in [1.807, 2.05) is 0 Å². The number of benzene rings is 1. The second kappa shape index (κ2) is 5.57. The van der Waals surface area contributed by atoms with Gasteiger partial charge in [-0.25, -0.2) is 18.7 Å². The molecule has 0 saturated carbocycles. The summed E-state index contributed by atoms with van der Waals surface area (Å²) in [5.74, 6) is -2.41. The third-order valence-electron chi connectivity index (χ3n) is 2.12. The molecule has 0 aliphatic heterocycles. The van der Waals surface area contributed by atoms with Crippen LogP contribution in [0.4, 0.5) is 14.6 Å². The average Bonchev–Trinajstić information content (AvgIpc) is 2.37. The molecule has 98 valence electrons. The summed E-state index contributed by atoms with van der Waals surface area (Å²) in [5.41, 5.74) is 4.25. The van der Waals surface area contributed by atoms with Gasteiger partial charge in [-0.15, -0.1) is 0 Å². The van der Waals surface area contributed by atoms with E-state index >= 15 is 0 Å². The SMILES string of the molecule is O=C(NNc1nccnc1Cl)c1ccc(F)cc1F. The highest BCUT2D eigenvalue weighted by Gasteiger charge is 2.12. The van der Waals surface area contributed by atoms with Crippen LogP contribution in [0.25, 0.3) is 0 Å². The van der Waals surface area contributed by atoms with Crippen LogP contribution in [0, 0.1) is 11.6 Å². The molecule has 1 aromatic heterocycles. The highest BCUT2D eigenvalue weighted by Crippen LogP contribution is 2.13. The number of amides is 1.